The van der Waals surface area contributed by atoms with Crippen LogP contribution in [0.3, 0.4) is 0 Å². The van der Waals surface area contributed by atoms with Gasteiger partial charge in [-0.05, 0) is 0 Å². The van der Waals surface area contributed by atoms with Crippen molar-refractivity contribution in [1.29, 1.82) is 0 Å². The fourth-order valence-corrected chi connectivity index (χ4v) is 2.50. The summed E-state index contributed by atoms with van der Waals surface area (Å²) in [5.74, 6) is -0.599. The number of carboxylic acid groups (broad SMARTS) is 1. The van der Waals surface area contributed by atoms with E-state index in [9.17, 15) is 4.79 Å². The first-order valence-corrected chi connectivity index (χ1v) is 6.56. The highest BCUT2D eigenvalue weighted by Gasteiger charge is 2.34. The molecule has 1 aromatic heterocycles. The lowest BCUT2D eigenvalue weighted by Crippen LogP contribution is -2.33. The van der Waals surface area contributed by atoms with Gasteiger partial charge in [0.15, 0.2) is 0 Å². The summed E-state index contributed by atoms with van der Waals surface area (Å²) in [5.41, 5.74) is -0.102. The number of ether oxygens (including phenoxy) is 1. The lowest BCUT2D eigenvalue weighted by Gasteiger charge is -2.15. The summed E-state index contributed by atoms with van der Waals surface area (Å²) in [4.78, 5) is 15.4. The summed E-state index contributed by atoms with van der Waals surface area (Å²) in [7, 11) is 0. The Morgan fingerprint density at radius 3 is 2.78 bits per heavy atom. The van der Waals surface area contributed by atoms with Crippen LogP contribution in [0.5, 0.6) is 0 Å². The van der Waals surface area contributed by atoms with E-state index < -0.39 is 11.9 Å². The molecule has 0 spiro atoms. The number of aromatic nitrogens is 2. The van der Waals surface area contributed by atoms with Gasteiger partial charge in [0, 0.05) is 16.9 Å². The molecule has 1 aliphatic heterocycles. The zero-order valence-corrected chi connectivity index (χ0v) is 11.5. The van der Waals surface area contributed by atoms with E-state index >= 15 is 0 Å². The standard InChI is InChI=1S/C11H17N3O3S/c1-11(2,3)9-13-10(18-14-9)12-7-5-17-4-6(7)8(15)16/h6-7H,4-5H2,1-3H3,(H,15,16)(H,12,13,14). The second kappa shape index (κ2) is 4.81. The van der Waals surface area contributed by atoms with Gasteiger partial charge in [-0.15, -0.1) is 0 Å². The average molecular weight is 271 g/mol. The van der Waals surface area contributed by atoms with Crippen molar-refractivity contribution in [2.24, 2.45) is 5.92 Å². The molecule has 1 fully saturated rings. The van der Waals surface area contributed by atoms with Crippen molar-refractivity contribution in [3.63, 3.8) is 0 Å². The highest BCUT2D eigenvalue weighted by atomic mass is 32.1. The van der Waals surface area contributed by atoms with Gasteiger partial charge in [0.05, 0.1) is 19.3 Å². The summed E-state index contributed by atoms with van der Waals surface area (Å²) < 4.78 is 9.47. The zero-order chi connectivity index (χ0) is 13.3. The van der Waals surface area contributed by atoms with E-state index in [-0.39, 0.29) is 18.1 Å². The predicted molar refractivity (Wildman–Crippen MR) is 68.0 cm³/mol. The number of anilines is 1. The topological polar surface area (TPSA) is 84.3 Å². The first-order chi connectivity index (χ1) is 8.38. The second-order valence-corrected chi connectivity index (χ2v) is 6.16. The third-order valence-corrected chi connectivity index (χ3v) is 3.45. The largest absolute Gasteiger partial charge is 0.481 e. The summed E-state index contributed by atoms with van der Waals surface area (Å²) in [6.45, 7) is 6.76. The maximum atomic E-state index is 11.0. The first-order valence-electron chi connectivity index (χ1n) is 5.79. The van der Waals surface area contributed by atoms with Gasteiger partial charge in [-0.3, -0.25) is 4.79 Å². The molecule has 0 aromatic carbocycles. The van der Waals surface area contributed by atoms with Gasteiger partial charge in [-0.2, -0.15) is 4.37 Å². The van der Waals surface area contributed by atoms with E-state index in [1.807, 2.05) is 20.8 Å². The number of nitrogens with one attached hydrogen (secondary N) is 1. The van der Waals surface area contributed by atoms with Crippen LogP contribution in [0.1, 0.15) is 26.6 Å². The fraction of sp³-hybridized carbons (Fsp3) is 0.727. The zero-order valence-electron chi connectivity index (χ0n) is 10.6. The number of nitrogens with zero attached hydrogens (tertiary/aromatic N) is 2. The molecule has 0 radical (unpaired) electrons. The van der Waals surface area contributed by atoms with Gasteiger partial charge in [0.2, 0.25) is 5.13 Å². The van der Waals surface area contributed by atoms with Crippen molar-refractivity contribution >= 4 is 22.6 Å². The molecule has 1 aliphatic rings. The Bertz CT molecular complexity index is 441. The molecule has 0 bridgehead atoms. The molecule has 1 saturated heterocycles. The normalized spacial score (nSPS) is 24.2. The van der Waals surface area contributed by atoms with E-state index in [1.165, 1.54) is 11.5 Å². The minimum absolute atomic E-state index is 0.102. The van der Waals surface area contributed by atoms with Gasteiger partial charge in [0.1, 0.15) is 11.7 Å². The van der Waals surface area contributed by atoms with Crippen LogP contribution in [0.25, 0.3) is 0 Å². The van der Waals surface area contributed by atoms with Crippen molar-refractivity contribution in [3.8, 4) is 0 Å². The molecule has 6 nitrogen and oxygen atoms in total. The maximum Gasteiger partial charge on any atom is 0.311 e. The molecule has 2 heterocycles. The number of aliphatic carboxylic acids is 1. The van der Waals surface area contributed by atoms with Crippen LogP contribution < -0.4 is 5.32 Å². The number of carboxylic acids is 1. The molecule has 18 heavy (non-hydrogen) atoms. The molecule has 0 aliphatic carbocycles. The third-order valence-electron chi connectivity index (χ3n) is 2.80. The Kier molecular flexibility index (Phi) is 3.54. The molecule has 0 saturated carbocycles. The summed E-state index contributed by atoms with van der Waals surface area (Å²) >= 11 is 1.26. The lowest BCUT2D eigenvalue weighted by molar-refractivity contribution is -0.141. The van der Waals surface area contributed by atoms with E-state index in [4.69, 9.17) is 9.84 Å². The van der Waals surface area contributed by atoms with E-state index in [0.29, 0.717) is 11.7 Å². The Hall–Kier alpha value is -1.21. The number of carbonyl (C=O) groups is 1. The molecule has 7 heteroatoms. The SMILES string of the molecule is CC(C)(C)c1nsc(NC2COCC2C(=O)O)n1. The molecule has 2 N–H and O–H groups in total. The van der Waals surface area contributed by atoms with E-state index in [2.05, 4.69) is 14.7 Å². The number of rotatable bonds is 3. The van der Waals surface area contributed by atoms with E-state index in [1.54, 1.807) is 0 Å². The Morgan fingerprint density at radius 2 is 2.22 bits per heavy atom. The van der Waals surface area contributed by atoms with Crippen LogP contribution in [-0.2, 0) is 14.9 Å². The highest BCUT2D eigenvalue weighted by molar-refractivity contribution is 7.09. The summed E-state index contributed by atoms with van der Waals surface area (Å²) in [5, 5.41) is 12.8. The quantitative estimate of drug-likeness (QED) is 0.863. The van der Waals surface area contributed by atoms with Gasteiger partial charge in [-0.25, -0.2) is 4.98 Å². The van der Waals surface area contributed by atoms with Crippen LogP contribution in [0.4, 0.5) is 5.13 Å². The third kappa shape index (κ3) is 2.78. The molecule has 2 atom stereocenters. The van der Waals surface area contributed by atoms with Gasteiger partial charge < -0.3 is 15.2 Å². The lowest BCUT2D eigenvalue weighted by atomic mass is 9.96. The van der Waals surface area contributed by atoms with Crippen molar-refractivity contribution in [3.05, 3.63) is 5.82 Å². The smallest absolute Gasteiger partial charge is 0.311 e. The molecule has 100 valence electrons. The highest BCUT2D eigenvalue weighted by Crippen LogP contribution is 2.25. The molecule has 2 rings (SSSR count). The number of hydrogen-bond donors (Lipinski definition) is 2. The van der Waals surface area contributed by atoms with E-state index in [0.717, 1.165) is 5.82 Å². The molecule has 2 unspecified atom stereocenters. The van der Waals surface area contributed by atoms with Crippen molar-refractivity contribution in [2.45, 2.75) is 32.2 Å². The predicted octanol–water partition coefficient (Wildman–Crippen LogP) is 1.35. The van der Waals surface area contributed by atoms with Gasteiger partial charge in [-0.1, -0.05) is 20.8 Å². The molecule has 0 amide bonds. The Balaban J connectivity index is 2.05. The maximum absolute atomic E-state index is 11.0. The second-order valence-electron chi connectivity index (χ2n) is 5.41. The first kappa shape index (κ1) is 13.2. The van der Waals surface area contributed by atoms with Crippen molar-refractivity contribution in [1.82, 2.24) is 9.36 Å². The van der Waals surface area contributed by atoms with Crippen molar-refractivity contribution < 1.29 is 14.6 Å². The Labute approximate surface area is 110 Å². The van der Waals surface area contributed by atoms with Crippen LogP contribution in [0.2, 0.25) is 0 Å². The van der Waals surface area contributed by atoms with Crippen LogP contribution in [0, 0.1) is 5.92 Å². The average Bonchev–Trinajstić information content (AvgIpc) is 2.85. The van der Waals surface area contributed by atoms with Gasteiger partial charge in [0.25, 0.3) is 0 Å². The van der Waals surface area contributed by atoms with Crippen LogP contribution in [-0.4, -0.2) is 39.7 Å². The monoisotopic (exact) mass is 271 g/mol. The number of hydrogen-bond acceptors (Lipinski definition) is 6. The Morgan fingerprint density at radius 1 is 1.50 bits per heavy atom. The van der Waals surface area contributed by atoms with Crippen LogP contribution >= 0.6 is 11.5 Å². The minimum atomic E-state index is -0.842. The van der Waals surface area contributed by atoms with Crippen molar-refractivity contribution in [2.75, 3.05) is 18.5 Å². The molecular formula is C11H17N3O3S. The molecule has 1 aromatic rings. The minimum Gasteiger partial charge on any atom is -0.481 e. The molecular weight excluding hydrogens is 254 g/mol. The summed E-state index contributed by atoms with van der Waals surface area (Å²) in [6, 6.07) is -0.233. The fourth-order valence-electron chi connectivity index (χ4n) is 1.69. The van der Waals surface area contributed by atoms with Crippen LogP contribution in [0.15, 0.2) is 0 Å². The van der Waals surface area contributed by atoms with Gasteiger partial charge >= 0.3 is 5.97 Å². The summed E-state index contributed by atoms with van der Waals surface area (Å²) in [6.07, 6.45) is 0.